The SMILES string of the molecule is CN1C(=O)[C@@H](c2ccccc2)CC12CCN(C(=O)c1ccc(F)cc1F)CC2. The zero-order chi connectivity index (χ0) is 19.9. The highest BCUT2D eigenvalue weighted by Crippen LogP contribution is 2.45. The summed E-state index contributed by atoms with van der Waals surface area (Å²) in [4.78, 5) is 28.9. The van der Waals surface area contributed by atoms with E-state index in [1.165, 1.54) is 6.07 Å². The van der Waals surface area contributed by atoms with Gasteiger partial charge in [0.1, 0.15) is 11.6 Å². The van der Waals surface area contributed by atoms with E-state index < -0.39 is 17.5 Å². The zero-order valence-corrected chi connectivity index (χ0v) is 15.7. The van der Waals surface area contributed by atoms with Crippen LogP contribution in [0, 0.1) is 11.6 Å². The van der Waals surface area contributed by atoms with Crippen molar-refractivity contribution >= 4 is 11.8 Å². The van der Waals surface area contributed by atoms with Gasteiger partial charge in [-0.2, -0.15) is 0 Å². The number of amides is 2. The van der Waals surface area contributed by atoms with Gasteiger partial charge in [0.15, 0.2) is 0 Å². The third-order valence-corrected chi connectivity index (χ3v) is 6.27. The topological polar surface area (TPSA) is 40.6 Å². The van der Waals surface area contributed by atoms with Crippen LogP contribution in [0.15, 0.2) is 48.5 Å². The van der Waals surface area contributed by atoms with Crippen LogP contribution < -0.4 is 0 Å². The summed E-state index contributed by atoms with van der Waals surface area (Å²) in [6.07, 6.45) is 2.01. The highest BCUT2D eigenvalue weighted by Gasteiger charge is 2.50. The van der Waals surface area contributed by atoms with E-state index in [1.807, 2.05) is 42.3 Å². The number of hydrogen-bond donors (Lipinski definition) is 0. The van der Waals surface area contributed by atoms with Gasteiger partial charge in [0.2, 0.25) is 5.91 Å². The van der Waals surface area contributed by atoms with Gasteiger partial charge >= 0.3 is 0 Å². The van der Waals surface area contributed by atoms with Crippen molar-refractivity contribution in [2.75, 3.05) is 20.1 Å². The van der Waals surface area contributed by atoms with Crippen LogP contribution in [0.5, 0.6) is 0 Å². The Morgan fingerprint density at radius 3 is 2.39 bits per heavy atom. The smallest absolute Gasteiger partial charge is 0.256 e. The number of hydrogen-bond acceptors (Lipinski definition) is 2. The molecular weight excluding hydrogens is 362 g/mol. The molecule has 2 saturated heterocycles. The maximum Gasteiger partial charge on any atom is 0.256 e. The summed E-state index contributed by atoms with van der Waals surface area (Å²) in [6.45, 7) is 0.879. The van der Waals surface area contributed by atoms with E-state index in [1.54, 1.807) is 4.90 Å². The monoisotopic (exact) mass is 384 g/mol. The van der Waals surface area contributed by atoms with E-state index in [0.717, 1.165) is 24.1 Å². The summed E-state index contributed by atoms with van der Waals surface area (Å²) in [5.41, 5.74) is 0.619. The minimum absolute atomic E-state index is 0.107. The first-order chi connectivity index (χ1) is 13.4. The van der Waals surface area contributed by atoms with Gasteiger partial charge in [0.05, 0.1) is 11.5 Å². The van der Waals surface area contributed by atoms with E-state index in [-0.39, 0.29) is 22.9 Å². The predicted molar refractivity (Wildman–Crippen MR) is 101 cm³/mol. The molecule has 4 nitrogen and oxygen atoms in total. The van der Waals surface area contributed by atoms with Crippen LogP contribution in [0.4, 0.5) is 8.78 Å². The van der Waals surface area contributed by atoms with Crippen LogP contribution in [0.25, 0.3) is 0 Å². The minimum atomic E-state index is -0.845. The Labute approximate surface area is 162 Å². The number of carbonyl (C=O) groups excluding carboxylic acids is 2. The number of piperidine rings is 1. The van der Waals surface area contributed by atoms with Gasteiger partial charge in [0.25, 0.3) is 5.91 Å². The Morgan fingerprint density at radius 2 is 1.75 bits per heavy atom. The average Bonchev–Trinajstić information content (AvgIpc) is 2.94. The molecule has 1 atom stereocenters. The summed E-state index contributed by atoms with van der Waals surface area (Å²) < 4.78 is 27.1. The Kier molecular flexibility index (Phi) is 4.65. The van der Waals surface area contributed by atoms with Crippen molar-refractivity contribution in [2.45, 2.75) is 30.7 Å². The summed E-state index contributed by atoms with van der Waals surface area (Å²) in [5.74, 6) is -2.04. The van der Waals surface area contributed by atoms with Crippen molar-refractivity contribution in [1.29, 1.82) is 0 Å². The summed E-state index contributed by atoms with van der Waals surface area (Å²) in [7, 11) is 1.84. The van der Waals surface area contributed by atoms with Crippen LogP contribution >= 0.6 is 0 Å². The molecule has 2 aliphatic rings. The zero-order valence-electron chi connectivity index (χ0n) is 15.7. The lowest BCUT2D eigenvalue weighted by molar-refractivity contribution is -0.131. The van der Waals surface area contributed by atoms with Gasteiger partial charge in [0, 0.05) is 31.7 Å². The van der Waals surface area contributed by atoms with E-state index in [2.05, 4.69) is 0 Å². The van der Waals surface area contributed by atoms with Crippen molar-refractivity contribution in [3.8, 4) is 0 Å². The van der Waals surface area contributed by atoms with Crippen molar-refractivity contribution in [1.82, 2.24) is 9.80 Å². The van der Waals surface area contributed by atoms with Crippen molar-refractivity contribution in [3.05, 3.63) is 71.3 Å². The van der Waals surface area contributed by atoms with Crippen molar-refractivity contribution in [3.63, 3.8) is 0 Å². The normalized spacial score (nSPS) is 21.4. The molecule has 146 valence electrons. The van der Waals surface area contributed by atoms with E-state index in [0.29, 0.717) is 25.9 Å². The van der Waals surface area contributed by atoms with Gasteiger partial charge in [-0.15, -0.1) is 0 Å². The number of carbonyl (C=O) groups is 2. The molecule has 2 aromatic carbocycles. The molecule has 2 aliphatic heterocycles. The third kappa shape index (κ3) is 3.07. The maximum atomic E-state index is 14.0. The minimum Gasteiger partial charge on any atom is -0.339 e. The van der Waals surface area contributed by atoms with Crippen molar-refractivity contribution in [2.24, 2.45) is 0 Å². The summed E-state index contributed by atoms with van der Waals surface area (Å²) in [5, 5.41) is 0. The van der Waals surface area contributed by atoms with Gasteiger partial charge in [-0.1, -0.05) is 30.3 Å². The number of nitrogens with zero attached hydrogens (tertiary/aromatic N) is 2. The van der Waals surface area contributed by atoms with Crippen LogP contribution in [0.2, 0.25) is 0 Å². The molecule has 0 saturated carbocycles. The molecule has 0 radical (unpaired) electrons. The first-order valence-corrected chi connectivity index (χ1v) is 9.48. The molecule has 2 heterocycles. The van der Waals surface area contributed by atoms with E-state index in [9.17, 15) is 18.4 Å². The lowest BCUT2D eigenvalue weighted by Gasteiger charge is -2.43. The van der Waals surface area contributed by atoms with Crippen LogP contribution in [-0.2, 0) is 4.79 Å². The molecule has 2 aromatic rings. The Bertz CT molecular complexity index is 908. The predicted octanol–water partition coefficient (Wildman–Crippen LogP) is 3.59. The highest BCUT2D eigenvalue weighted by molar-refractivity contribution is 5.94. The molecule has 0 N–H and O–H groups in total. The summed E-state index contributed by atoms with van der Waals surface area (Å²) >= 11 is 0. The first-order valence-electron chi connectivity index (χ1n) is 9.48. The lowest BCUT2D eigenvalue weighted by Crippen LogP contribution is -2.52. The number of benzene rings is 2. The Morgan fingerprint density at radius 1 is 1.07 bits per heavy atom. The lowest BCUT2D eigenvalue weighted by atomic mass is 9.81. The molecule has 6 heteroatoms. The average molecular weight is 384 g/mol. The number of halogens is 2. The Balaban J connectivity index is 1.49. The fourth-order valence-corrected chi connectivity index (χ4v) is 4.52. The molecule has 2 fully saturated rings. The molecular formula is C22H22F2N2O2. The Hall–Kier alpha value is -2.76. The molecule has 2 amide bonds. The van der Waals surface area contributed by atoms with Crippen LogP contribution in [0.3, 0.4) is 0 Å². The van der Waals surface area contributed by atoms with Crippen LogP contribution in [0.1, 0.15) is 41.1 Å². The molecule has 0 unspecified atom stereocenters. The molecule has 0 aromatic heterocycles. The molecule has 0 bridgehead atoms. The molecule has 1 spiro atoms. The number of likely N-dealkylation sites (N-methyl/N-ethyl adjacent to an activating group) is 1. The van der Waals surface area contributed by atoms with E-state index in [4.69, 9.17) is 0 Å². The maximum absolute atomic E-state index is 14.0. The number of rotatable bonds is 2. The quantitative estimate of drug-likeness (QED) is 0.794. The number of likely N-dealkylation sites (tertiary alicyclic amines) is 2. The van der Waals surface area contributed by atoms with E-state index >= 15 is 0 Å². The van der Waals surface area contributed by atoms with Crippen molar-refractivity contribution < 1.29 is 18.4 Å². The third-order valence-electron chi connectivity index (χ3n) is 6.27. The molecule has 4 rings (SSSR count). The van der Waals surface area contributed by atoms with Gasteiger partial charge in [-0.25, -0.2) is 8.78 Å². The van der Waals surface area contributed by atoms with Gasteiger partial charge in [-0.3, -0.25) is 9.59 Å². The highest BCUT2D eigenvalue weighted by atomic mass is 19.1. The fraction of sp³-hybridized carbons (Fsp3) is 0.364. The fourth-order valence-electron chi connectivity index (χ4n) is 4.52. The van der Waals surface area contributed by atoms with Gasteiger partial charge in [-0.05, 0) is 37.0 Å². The first kappa shape index (κ1) is 18.6. The molecule has 0 aliphatic carbocycles. The molecule has 28 heavy (non-hydrogen) atoms. The largest absolute Gasteiger partial charge is 0.339 e. The standard InChI is InChI=1S/C22H22F2N2O2/c1-25-20(27)18(15-5-3-2-4-6-15)14-22(25)9-11-26(12-10-22)21(28)17-8-7-16(23)13-19(17)24/h2-8,13,18H,9-12,14H2,1H3/t18-/m1/s1. The second-order valence-electron chi connectivity index (χ2n) is 7.71. The second kappa shape index (κ2) is 7.00. The van der Waals surface area contributed by atoms with Crippen LogP contribution in [-0.4, -0.2) is 47.3 Å². The second-order valence-corrected chi connectivity index (χ2v) is 7.71. The summed E-state index contributed by atoms with van der Waals surface area (Å²) in [6, 6.07) is 12.8. The van der Waals surface area contributed by atoms with Gasteiger partial charge < -0.3 is 9.80 Å².